The predicted octanol–water partition coefficient (Wildman–Crippen LogP) is 1.21. The minimum atomic E-state index is -1.26. The number of oxime groups is 1. The van der Waals surface area contributed by atoms with E-state index in [2.05, 4.69) is 25.0 Å². The van der Waals surface area contributed by atoms with E-state index in [1.165, 1.54) is 23.5 Å². The zero-order valence-electron chi connectivity index (χ0n) is 15.8. The maximum Gasteiger partial charge on any atom is 0.353 e. The number of anilines is 1. The van der Waals surface area contributed by atoms with Crippen molar-refractivity contribution < 1.29 is 24.7 Å². The SMILES string of the molecule is Cc1nnsc1SC1=C(C(=O)O)N2C(=O)[C@@H](NC(=O)/C(=N\O)c3nc(N)sc3Cl)C2SC1. The van der Waals surface area contributed by atoms with Gasteiger partial charge in [-0.25, -0.2) is 9.78 Å². The number of thiazole rings is 1. The smallest absolute Gasteiger partial charge is 0.353 e. The second-order valence-electron chi connectivity index (χ2n) is 6.31. The number of thioether (sulfide) groups is 2. The number of halogens is 1. The summed E-state index contributed by atoms with van der Waals surface area (Å²) in [5.41, 5.74) is 5.45. The normalized spacial score (nSPS) is 20.8. The number of hydrogen-bond acceptors (Lipinski definition) is 13. The van der Waals surface area contributed by atoms with Crippen molar-refractivity contribution in [2.45, 2.75) is 22.5 Å². The Kier molecular flexibility index (Phi) is 6.30. The maximum absolute atomic E-state index is 12.8. The van der Waals surface area contributed by atoms with E-state index < -0.39 is 34.9 Å². The largest absolute Gasteiger partial charge is 0.477 e. The van der Waals surface area contributed by atoms with Crippen molar-refractivity contribution in [1.29, 1.82) is 0 Å². The summed E-state index contributed by atoms with van der Waals surface area (Å²) in [5.74, 6) is -2.45. The van der Waals surface area contributed by atoms with E-state index in [9.17, 15) is 24.7 Å². The van der Waals surface area contributed by atoms with Crippen LogP contribution in [-0.2, 0) is 14.4 Å². The zero-order valence-corrected chi connectivity index (χ0v) is 19.8. The topological polar surface area (TPSA) is 184 Å². The molecule has 2 amide bonds. The molecule has 2 aromatic rings. The highest BCUT2D eigenvalue weighted by Gasteiger charge is 2.54. The van der Waals surface area contributed by atoms with Crippen molar-refractivity contribution in [3.63, 3.8) is 0 Å². The number of aromatic nitrogens is 3. The van der Waals surface area contributed by atoms with Crippen molar-refractivity contribution in [2.75, 3.05) is 11.5 Å². The maximum atomic E-state index is 12.8. The van der Waals surface area contributed by atoms with E-state index in [0.717, 1.165) is 32.0 Å². The minimum absolute atomic E-state index is 0.0460. The highest BCUT2D eigenvalue weighted by molar-refractivity contribution is 8.07. The number of aliphatic carboxylic acids is 1. The van der Waals surface area contributed by atoms with Crippen molar-refractivity contribution in [1.82, 2.24) is 24.8 Å². The fraction of sp³-hybridized carbons (Fsp3) is 0.267. The van der Waals surface area contributed by atoms with Crippen LogP contribution in [0.5, 0.6) is 0 Å². The van der Waals surface area contributed by atoms with Crippen LogP contribution >= 0.6 is 58.0 Å². The number of rotatable bonds is 6. The van der Waals surface area contributed by atoms with E-state index in [-0.39, 0.29) is 20.9 Å². The average molecular weight is 534 g/mol. The van der Waals surface area contributed by atoms with Crippen LogP contribution in [-0.4, -0.2) is 70.4 Å². The van der Waals surface area contributed by atoms with Gasteiger partial charge in [-0.15, -0.1) is 16.9 Å². The van der Waals surface area contributed by atoms with E-state index >= 15 is 0 Å². The van der Waals surface area contributed by atoms with E-state index in [1.54, 1.807) is 6.92 Å². The van der Waals surface area contributed by atoms with Crippen LogP contribution < -0.4 is 11.1 Å². The first-order valence-electron chi connectivity index (χ1n) is 8.56. The highest BCUT2D eigenvalue weighted by atomic mass is 35.5. The number of nitrogens with zero attached hydrogens (tertiary/aromatic N) is 5. The molecule has 1 unspecified atom stereocenters. The number of β-lactam (4-membered cyclic amide) rings is 1. The van der Waals surface area contributed by atoms with Gasteiger partial charge >= 0.3 is 5.97 Å². The summed E-state index contributed by atoms with van der Waals surface area (Å²) < 4.78 is 4.62. The molecular weight excluding hydrogens is 522 g/mol. The molecule has 1 saturated heterocycles. The highest BCUT2D eigenvalue weighted by Crippen LogP contribution is 2.46. The Morgan fingerprint density at radius 3 is 2.75 bits per heavy atom. The number of nitrogens with two attached hydrogens (primary N) is 1. The second-order valence-corrected chi connectivity index (χ2v) is 11.2. The Hall–Kier alpha value is -2.40. The molecule has 4 rings (SSSR count). The second kappa shape index (κ2) is 8.86. The van der Waals surface area contributed by atoms with Gasteiger partial charge in [-0.1, -0.05) is 44.3 Å². The number of carbonyl (C=O) groups excluding carboxylic acids is 2. The number of hydrogen-bond donors (Lipinski definition) is 4. The third-order valence-electron chi connectivity index (χ3n) is 4.39. The number of nitrogen functional groups attached to an aromatic ring is 1. The molecule has 0 aromatic carbocycles. The number of amides is 2. The molecule has 2 atom stereocenters. The lowest BCUT2D eigenvalue weighted by atomic mass is 10.0. The van der Waals surface area contributed by atoms with Gasteiger partial charge in [0.1, 0.15) is 31.4 Å². The Morgan fingerprint density at radius 1 is 1.44 bits per heavy atom. The lowest BCUT2D eigenvalue weighted by Crippen LogP contribution is -2.71. The van der Waals surface area contributed by atoms with Crippen LogP contribution in [0.2, 0.25) is 4.34 Å². The molecule has 0 aliphatic carbocycles. The standard InChI is InChI=1S/C15H12ClN7O5S4/c1-3-14(32-22-20-3)30-4-2-29-12-7(11(25)23(12)8(4)13(26)27)18-10(24)6(21-28)5-9(16)31-15(17)19-5/h7,12,28H,2H2,1H3,(H2,17,19)(H,18,24)(H,26,27)/b21-6-/t7-,12?/m1/s1. The molecule has 2 aliphatic heterocycles. The molecule has 4 heterocycles. The Morgan fingerprint density at radius 2 is 2.19 bits per heavy atom. The Labute approximate surface area is 201 Å². The molecule has 12 nitrogen and oxygen atoms in total. The first-order chi connectivity index (χ1) is 15.2. The summed E-state index contributed by atoms with van der Waals surface area (Å²) in [4.78, 5) is 42.8. The first-order valence-corrected chi connectivity index (χ1v) is 12.4. The molecule has 0 saturated carbocycles. The fourth-order valence-corrected chi connectivity index (χ4v) is 7.19. The summed E-state index contributed by atoms with van der Waals surface area (Å²) in [6.45, 7) is 1.76. The van der Waals surface area contributed by atoms with Crippen LogP contribution in [0.3, 0.4) is 0 Å². The van der Waals surface area contributed by atoms with Crippen molar-refractivity contribution in [2.24, 2.45) is 5.16 Å². The van der Waals surface area contributed by atoms with Crippen LogP contribution in [0.25, 0.3) is 0 Å². The molecule has 0 spiro atoms. The van der Waals surface area contributed by atoms with Crippen molar-refractivity contribution in [3.8, 4) is 0 Å². The van der Waals surface area contributed by atoms with Crippen molar-refractivity contribution >= 4 is 86.6 Å². The van der Waals surface area contributed by atoms with Gasteiger partial charge in [0.25, 0.3) is 11.8 Å². The molecule has 1 fully saturated rings. The van der Waals surface area contributed by atoms with Gasteiger partial charge in [0.15, 0.2) is 10.8 Å². The molecule has 2 aliphatic rings. The van der Waals surface area contributed by atoms with E-state index in [0.29, 0.717) is 16.4 Å². The van der Waals surface area contributed by atoms with Gasteiger partial charge in [0, 0.05) is 10.7 Å². The summed E-state index contributed by atoms with van der Waals surface area (Å²) in [6.07, 6.45) is 0. The third kappa shape index (κ3) is 3.92. The minimum Gasteiger partial charge on any atom is -0.477 e. The number of fused-ring (bicyclic) bond motifs is 1. The molecule has 2 aromatic heterocycles. The lowest BCUT2D eigenvalue weighted by Gasteiger charge is -2.49. The average Bonchev–Trinajstić information content (AvgIpc) is 3.30. The third-order valence-corrected chi connectivity index (χ3v) is 9.10. The quantitative estimate of drug-likeness (QED) is 0.181. The molecule has 0 radical (unpaired) electrons. The summed E-state index contributed by atoms with van der Waals surface area (Å²) >= 11 is 10.5. The summed E-state index contributed by atoms with van der Waals surface area (Å²) in [6, 6.07) is -1.02. The van der Waals surface area contributed by atoms with Gasteiger partial charge in [-0.3, -0.25) is 14.5 Å². The molecule has 168 valence electrons. The van der Waals surface area contributed by atoms with E-state index in [1.807, 2.05) is 0 Å². The monoisotopic (exact) mass is 533 g/mol. The molecule has 5 N–H and O–H groups in total. The lowest BCUT2D eigenvalue weighted by molar-refractivity contribution is -0.150. The predicted molar refractivity (Wildman–Crippen MR) is 120 cm³/mol. The van der Waals surface area contributed by atoms with Gasteiger partial charge in [-0.05, 0) is 18.5 Å². The van der Waals surface area contributed by atoms with E-state index in [4.69, 9.17) is 17.3 Å². The number of carboxylic acid groups (broad SMARTS) is 1. The fourth-order valence-electron chi connectivity index (χ4n) is 2.97. The number of carboxylic acids is 1. The van der Waals surface area contributed by atoms with Gasteiger partial charge in [-0.2, -0.15) is 0 Å². The van der Waals surface area contributed by atoms with Gasteiger partial charge in [0.05, 0.1) is 5.69 Å². The zero-order chi connectivity index (χ0) is 23.2. The van der Waals surface area contributed by atoms with Crippen LogP contribution in [0, 0.1) is 6.92 Å². The van der Waals surface area contributed by atoms with Crippen molar-refractivity contribution in [3.05, 3.63) is 26.3 Å². The molecule has 32 heavy (non-hydrogen) atoms. The number of aryl methyl sites for hydroxylation is 1. The van der Waals surface area contributed by atoms with Gasteiger partial charge in [0.2, 0.25) is 0 Å². The van der Waals surface area contributed by atoms with Gasteiger partial charge < -0.3 is 21.4 Å². The first kappa shape index (κ1) is 22.8. The van der Waals surface area contributed by atoms with Crippen LogP contribution in [0.1, 0.15) is 11.4 Å². The van der Waals surface area contributed by atoms with Crippen LogP contribution in [0.15, 0.2) is 20.0 Å². The number of carbonyl (C=O) groups is 3. The molecular formula is C15H12ClN7O5S4. The summed E-state index contributed by atoms with van der Waals surface area (Å²) in [7, 11) is 0. The molecule has 0 bridgehead atoms. The number of nitrogens with one attached hydrogen (secondary N) is 1. The Bertz CT molecular complexity index is 1190. The Balaban J connectivity index is 1.54. The summed E-state index contributed by atoms with van der Waals surface area (Å²) in [5, 5.41) is 27.8. The molecule has 17 heteroatoms. The van der Waals surface area contributed by atoms with Crippen LogP contribution in [0.4, 0.5) is 5.13 Å².